The fourth-order valence-corrected chi connectivity index (χ4v) is 2.63. The maximum Gasteiger partial charge on any atom is 0.285 e. The molecule has 0 saturated carbocycles. The highest BCUT2D eigenvalue weighted by molar-refractivity contribution is 7.17. The number of carbonyl (C=O) groups is 1. The molecule has 106 valence electrons. The smallest absolute Gasteiger partial charge is 0.285 e. The monoisotopic (exact) mass is 309 g/mol. The summed E-state index contributed by atoms with van der Waals surface area (Å²) in [5.41, 5.74) is 1.09. The summed E-state index contributed by atoms with van der Waals surface area (Å²) in [6.45, 7) is 4.65. The van der Waals surface area contributed by atoms with Crippen molar-refractivity contribution in [2.75, 3.05) is 0 Å². The third kappa shape index (κ3) is 3.55. The van der Waals surface area contributed by atoms with E-state index in [4.69, 9.17) is 11.6 Å². The van der Waals surface area contributed by atoms with Gasteiger partial charge in [0.15, 0.2) is 0 Å². The molecule has 0 N–H and O–H groups in total. The Morgan fingerprint density at radius 3 is 2.60 bits per heavy atom. The number of aromatic nitrogens is 2. The van der Waals surface area contributed by atoms with Crippen LogP contribution >= 0.6 is 22.9 Å². The number of nitrogens with zero attached hydrogens (tertiary/aromatic N) is 3. The number of benzene rings is 1. The van der Waals surface area contributed by atoms with Crippen LogP contribution in [0.25, 0.3) is 0 Å². The average molecular weight is 310 g/mol. The number of halogens is 1. The van der Waals surface area contributed by atoms with Gasteiger partial charge in [-0.15, -0.1) is 10.2 Å². The molecule has 1 atom stereocenters. The molecule has 1 unspecified atom stereocenters. The molecule has 1 aromatic carbocycles. The molecule has 0 spiro atoms. The normalized spacial score (nSPS) is 12.2. The minimum atomic E-state index is -0.118. The lowest BCUT2D eigenvalue weighted by Crippen LogP contribution is -2.37. The van der Waals surface area contributed by atoms with Crippen molar-refractivity contribution >= 4 is 28.8 Å². The molecule has 0 aliphatic rings. The standard InChI is InChI=1S/C14H16ClN3OS/c1-3-10(2)18(9-11-7-5-4-6-8-11)13(19)12-16-17-14(15)20-12/h4-8,10H,3,9H2,1-2H3. The molecule has 0 aliphatic heterocycles. The lowest BCUT2D eigenvalue weighted by Gasteiger charge is -2.27. The summed E-state index contributed by atoms with van der Waals surface area (Å²) in [7, 11) is 0. The summed E-state index contributed by atoms with van der Waals surface area (Å²) < 4.78 is 0.289. The second-order valence-corrected chi connectivity index (χ2v) is 6.10. The molecule has 1 heterocycles. The molecule has 1 amide bonds. The number of amides is 1. The van der Waals surface area contributed by atoms with Gasteiger partial charge in [-0.05, 0) is 30.5 Å². The summed E-state index contributed by atoms with van der Waals surface area (Å²) in [6.07, 6.45) is 0.880. The maximum absolute atomic E-state index is 12.5. The van der Waals surface area contributed by atoms with Gasteiger partial charge in [-0.25, -0.2) is 0 Å². The molecule has 0 bridgehead atoms. The van der Waals surface area contributed by atoms with Crippen molar-refractivity contribution in [1.82, 2.24) is 15.1 Å². The van der Waals surface area contributed by atoms with Crippen molar-refractivity contribution in [2.45, 2.75) is 32.9 Å². The Bertz CT molecular complexity index is 573. The van der Waals surface area contributed by atoms with E-state index in [1.54, 1.807) is 0 Å². The van der Waals surface area contributed by atoms with Crippen LogP contribution in [0, 0.1) is 0 Å². The Morgan fingerprint density at radius 1 is 1.35 bits per heavy atom. The van der Waals surface area contributed by atoms with Gasteiger partial charge in [-0.2, -0.15) is 0 Å². The minimum Gasteiger partial charge on any atom is -0.330 e. The molecule has 1 aromatic heterocycles. The zero-order valence-electron chi connectivity index (χ0n) is 11.4. The van der Waals surface area contributed by atoms with E-state index in [2.05, 4.69) is 17.1 Å². The Morgan fingerprint density at radius 2 is 2.05 bits per heavy atom. The van der Waals surface area contributed by atoms with Crippen LogP contribution in [0.2, 0.25) is 4.47 Å². The van der Waals surface area contributed by atoms with Gasteiger partial charge in [-0.3, -0.25) is 4.79 Å². The molecule has 0 saturated heterocycles. The van der Waals surface area contributed by atoms with Crippen LogP contribution < -0.4 is 0 Å². The van der Waals surface area contributed by atoms with E-state index >= 15 is 0 Å². The molecule has 0 fully saturated rings. The van der Waals surface area contributed by atoms with E-state index in [1.165, 1.54) is 0 Å². The summed E-state index contributed by atoms with van der Waals surface area (Å²) >= 11 is 6.87. The predicted octanol–water partition coefficient (Wildman–Crippen LogP) is 3.63. The predicted molar refractivity (Wildman–Crippen MR) is 81.0 cm³/mol. The first-order valence-corrected chi connectivity index (χ1v) is 7.65. The fraction of sp³-hybridized carbons (Fsp3) is 0.357. The third-order valence-electron chi connectivity index (χ3n) is 3.16. The van der Waals surface area contributed by atoms with Crippen molar-refractivity contribution in [3.63, 3.8) is 0 Å². The Kier molecular flexibility index (Phi) is 5.09. The van der Waals surface area contributed by atoms with Gasteiger partial charge < -0.3 is 4.90 Å². The lowest BCUT2D eigenvalue weighted by molar-refractivity contribution is 0.0670. The summed E-state index contributed by atoms with van der Waals surface area (Å²) in [5, 5.41) is 7.88. The van der Waals surface area contributed by atoms with E-state index in [1.807, 2.05) is 42.2 Å². The molecular formula is C14H16ClN3OS. The highest BCUT2D eigenvalue weighted by atomic mass is 35.5. The minimum absolute atomic E-state index is 0.118. The highest BCUT2D eigenvalue weighted by Gasteiger charge is 2.23. The number of rotatable bonds is 5. The van der Waals surface area contributed by atoms with Crippen LogP contribution in [-0.2, 0) is 6.54 Å². The van der Waals surface area contributed by atoms with Gasteiger partial charge in [0.05, 0.1) is 0 Å². The van der Waals surface area contributed by atoms with E-state index in [0.717, 1.165) is 23.3 Å². The molecule has 2 aromatic rings. The van der Waals surface area contributed by atoms with E-state index < -0.39 is 0 Å². The van der Waals surface area contributed by atoms with Crippen LogP contribution in [0.5, 0.6) is 0 Å². The third-order valence-corrected chi connectivity index (χ3v) is 4.17. The van der Waals surface area contributed by atoms with Gasteiger partial charge in [0.25, 0.3) is 5.91 Å². The Hall–Kier alpha value is -1.46. The van der Waals surface area contributed by atoms with Gasteiger partial charge in [0, 0.05) is 12.6 Å². The van der Waals surface area contributed by atoms with Crippen LogP contribution in [0.4, 0.5) is 0 Å². The van der Waals surface area contributed by atoms with Crippen molar-refractivity contribution < 1.29 is 4.79 Å². The van der Waals surface area contributed by atoms with Crippen molar-refractivity contribution in [3.05, 3.63) is 45.4 Å². The maximum atomic E-state index is 12.5. The first kappa shape index (κ1) is 14.9. The van der Waals surface area contributed by atoms with Crippen molar-refractivity contribution in [2.24, 2.45) is 0 Å². The molecule has 4 nitrogen and oxygen atoms in total. The number of hydrogen-bond acceptors (Lipinski definition) is 4. The zero-order chi connectivity index (χ0) is 14.5. The average Bonchev–Trinajstić information content (AvgIpc) is 2.91. The van der Waals surface area contributed by atoms with Crippen LogP contribution in [0.3, 0.4) is 0 Å². The molecule has 0 aliphatic carbocycles. The van der Waals surface area contributed by atoms with Crippen LogP contribution in [0.1, 0.15) is 35.6 Å². The van der Waals surface area contributed by atoms with Gasteiger partial charge >= 0.3 is 0 Å². The molecular weight excluding hydrogens is 294 g/mol. The summed E-state index contributed by atoms with van der Waals surface area (Å²) in [5.74, 6) is -0.118. The highest BCUT2D eigenvalue weighted by Crippen LogP contribution is 2.20. The first-order valence-electron chi connectivity index (χ1n) is 6.45. The van der Waals surface area contributed by atoms with Gasteiger partial charge in [0.2, 0.25) is 9.47 Å². The van der Waals surface area contributed by atoms with E-state index in [-0.39, 0.29) is 16.4 Å². The molecule has 20 heavy (non-hydrogen) atoms. The van der Waals surface area contributed by atoms with Gasteiger partial charge in [0.1, 0.15) is 0 Å². The largest absolute Gasteiger partial charge is 0.330 e. The second-order valence-electron chi connectivity index (χ2n) is 4.54. The Balaban J connectivity index is 2.21. The first-order chi connectivity index (χ1) is 9.61. The SMILES string of the molecule is CCC(C)N(Cc1ccccc1)C(=O)c1nnc(Cl)s1. The molecule has 2 rings (SSSR count). The molecule has 6 heteroatoms. The van der Waals surface area contributed by atoms with Crippen LogP contribution in [-0.4, -0.2) is 27.0 Å². The quantitative estimate of drug-likeness (QED) is 0.847. The summed E-state index contributed by atoms with van der Waals surface area (Å²) in [4.78, 5) is 14.3. The fourth-order valence-electron chi connectivity index (χ4n) is 1.84. The van der Waals surface area contributed by atoms with Crippen LogP contribution in [0.15, 0.2) is 30.3 Å². The van der Waals surface area contributed by atoms with Crippen molar-refractivity contribution in [3.8, 4) is 0 Å². The Labute approximate surface area is 127 Å². The summed E-state index contributed by atoms with van der Waals surface area (Å²) in [6, 6.07) is 10.0. The molecule has 0 radical (unpaired) electrons. The number of hydrogen-bond donors (Lipinski definition) is 0. The van der Waals surface area contributed by atoms with E-state index in [9.17, 15) is 4.79 Å². The second kappa shape index (κ2) is 6.81. The lowest BCUT2D eigenvalue weighted by atomic mass is 10.1. The topological polar surface area (TPSA) is 46.1 Å². The van der Waals surface area contributed by atoms with E-state index in [0.29, 0.717) is 11.6 Å². The number of carbonyl (C=O) groups excluding carboxylic acids is 1. The zero-order valence-corrected chi connectivity index (χ0v) is 13.0. The van der Waals surface area contributed by atoms with Crippen molar-refractivity contribution in [1.29, 1.82) is 0 Å². The van der Waals surface area contributed by atoms with Gasteiger partial charge in [-0.1, -0.05) is 48.6 Å².